The Kier molecular flexibility index (Phi) is 4.71. The van der Waals surface area contributed by atoms with Crippen LogP contribution in [-0.2, 0) is 4.79 Å². The Morgan fingerprint density at radius 3 is 2.81 bits per heavy atom. The number of ether oxygens (including phenoxy) is 1. The number of amides is 1. The molecule has 0 spiro atoms. The predicted molar refractivity (Wildman–Crippen MR) is 113 cm³/mol. The monoisotopic (exact) mass is 418 g/mol. The first-order valence-corrected chi connectivity index (χ1v) is 10.2. The van der Waals surface area contributed by atoms with Gasteiger partial charge in [-0.05, 0) is 31.5 Å². The smallest absolute Gasteiger partial charge is 0.210 e. The van der Waals surface area contributed by atoms with Gasteiger partial charge in [-0.15, -0.1) is 0 Å². The van der Waals surface area contributed by atoms with Crippen LogP contribution >= 0.6 is 0 Å². The van der Waals surface area contributed by atoms with Gasteiger partial charge in [0.05, 0.1) is 41.7 Å². The van der Waals surface area contributed by atoms with Gasteiger partial charge < -0.3 is 19.6 Å². The van der Waals surface area contributed by atoms with Crippen LogP contribution in [0.5, 0.6) is 5.75 Å². The number of piperazine rings is 1. The fourth-order valence-electron chi connectivity index (χ4n) is 4.42. The van der Waals surface area contributed by atoms with E-state index < -0.39 is 6.10 Å². The molecule has 3 fully saturated rings. The molecule has 0 aliphatic carbocycles. The molecule has 3 aromatic heterocycles. The van der Waals surface area contributed by atoms with Crippen LogP contribution < -0.4 is 9.64 Å². The Morgan fingerprint density at radius 1 is 1.35 bits per heavy atom. The first kappa shape index (κ1) is 19.3. The zero-order valence-corrected chi connectivity index (χ0v) is 17.0. The first-order chi connectivity index (χ1) is 15.1. The molecule has 1 amide bonds. The van der Waals surface area contributed by atoms with Crippen molar-refractivity contribution < 1.29 is 14.6 Å². The molecule has 3 unspecified atom stereocenters. The van der Waals surface area contributed by atoms with E-state index in [9.17, 15) is 15.2 Å². The van der Waals surface area contributed by atoms with Gasteiger partial charge in [0.2, 0.25) is 6.41 Å². The molecule has 158 valence electrons. The average Bonchev–Trinajstić information content (AvgIpc) is 3.21. The fraction of sp³-hybridized carbons (Fsp3) is 0.364. The van der Waals surface area contributed by atoms with Gasteiger partial charge in [-0.1, -0.05) is 0 Å². The number of hydrogen-bond donors (Lipinski definition) is 1. The van der Waals surface area contributed by atoms with E-state index in [2.05, 4.69) is 21.1 Å². The second-order valence-corrected chi connectivity index (χ2v) is 8.12. The van der Waals surface area contributed by atoms with Crippen molar-refractivity contribution in [2.75, 3.05) is 24.6 Å². The van der Waals surface area contributed by atoms with Crippen LogP contribution in [-0.4, -0.2) is 68.9 Å². The number of rotatable bonds is 6. The Morgan fingerprint density at radius 2 is 2.16 bits per heavy atom. The molecule has 0 saturated carbocycles. The van der Waals surface area contributed by atoms with Crippen molar-refractivity contribution in [3.05, 3.63) is 42.4 Å². The molecule has 1 N–H and O–H groups in total. The van der Waals surface area contributed by atoms with Crippen LogP contribution in [0.1, 0.15) is 18.9 Å². The maximum absolute atomic E-state index is 11.1. The zero-order chi connectivity index (χ0) is 21.5. The summed E-state index contributed by atoms with van der Waals surface area (Å²) in [6, 6.07) is 8.51. The number of fused-ring (bicyclic) bond motifs is 3. The van der Waals surface area contributed by atoms with E-state index in [1.165, 1.54) is 6.20 Å². The number of pyridine rings is 2. The minimum atomic E-state index is -0.599. The summed E-state index contributed by atoms with van der Waals surface area (Å²) in [6.45, 7) is 3.39. The van der Waals surface area contributed by atoms with Crippen molar-refractivity contribution in [3.63, 3.8) is 0 Å². The largest absolute Gasteiger partial charge is 0.489 e. The van der Waals surface area contributed by atoms with Gasteiger partial charge in [0.25, 0.3) is 0 Å². The normalized spacial score (nSPS) is 20.8. The number of nitrogens with zero attached hydrogens (tertiary/aromatic N) is 6. The second kappa shape index (κ2) is 7.56. The van der Waals surface area contributed by atoms with E-state index in [4.69, 9.17) is 4.74 Å². The molecule has 9 nitrogen and oxygen atoms in total. The van der Waals surface area contributed by atoms with Crippen LogP contribution in [0, 0.1) is 11.3 Å². The molecule has 3 aliphatic rings. The maximum atomic E-state index is 11.1. The fourth-order valence-corrected chi connectivity index (χ4v) is 4.42. The summed E-state index contributed by atoms with van der Waals surface area (Å²) in [4.78, 5) is 19.9. The maximum Gasteiger partial charge on any atom is 0.210 e. The van der Waals surface area contributed by atoms with Crippen LogP contribution in [0.2, 0.25) is 0 Å². The number of hydrogen-bond acceptors (Lipinski definition) is 7. The number of aromatic nitrogens is 3. The lowest BCUT2D eigenvalue weighted by molar-refractivity contribution is -0.131. The van der Waals surface area contributed by atoms with E-state index >= 15 is 0 Å². The van der Waals surface area contributed by atoms with Gasteiger partial charge in [-0.25, -0.2) is 9.50 Å². The third-order valence-electron chi connectivity index (χ3n) is 5.95. The molecule has 3 aromatic rings. The van der Waals surface area contributed by atoms with Gasteiger partial charge in [0.15, 0.2) is 0 Å². The molecule has 2 bridgehead atoms. The van der Waals surface area contributed by atoms with Gasteiger partial charge in [0, 0.05) is 30.4 Å². The Bertz CT molecular complexity index is 1150. The average molecular weight is 418 g/mol. The van der Waals surface area contributed by atoms with Crippen molar-refractivity contribution in [2.45, 2.75) is 31.5 Å². The number of piperidine rings is 1. The summed E-state index contributed by atoms with van der Waals surface area (Å²) in [5.41, 5.74) is 2.77. The number of carbonyl (C=O) groups is 1. The molecule has 6 rings (SSSR count). The van der Waals surface area contributed by atoms with Crippen LogP contribution in [0.15, 0.2) is 36.8 Å². The Hall–Kier alpha value is -3.64. The van der Waals surface area contributed by atoms with Gasteiger partial charge in [0.1, 0.15) is 24.2 Å². The minimum absolute atomic E-state index is 0.156. The van der Waals surface area contributed by atoms with Crippen molar-refractivity contribution >= 4 is 17.7 Å². The summed E-state index contributed by atoms with van der Waals surface area (Å²) in [6.07, 6.45) is 6.42. The summed E-state index contributed by atoms with van der Waals surface area (Å²) in [7, 11) is 0. The SMILES string of the molecule is CC(O)COc1cc(-c2ccc(N3CC4CC(C3)N4C=O)nc2)c2c(C#N)cnn2c1. The summed E-state index contributed by atoms with van der Waals surface area (Å²) in [5.74, 6) is 1.42. The Balaban J connectivity index is 1.46. The van der Waals surface area contributed by atoms with E-state index in [1.807, 2.05) is 23.1 Å². The van der Waals surface area contributed by atoms with Gasteiger partial charge in [-0.2, -0.15) is 10.4 Å². The third kappa shape index (κ3) is 3.35. The molecule has 3 aliphatic heterocycles. The summed E-state index contributed by atoms with van der Waals surface area (Å²) >= 11 is 0. The summed E-state index contributed by atoms with van der Waals surface area (Å²) in [5, 5.41) is 23.3. The minimum Gasteiger partial charge on any atom is -0.489 e. The lowest BCUT2D eigenvalue weighted by atomic mass is 9.88. The predicted octanol–water partition coefficient (Wildman–Crippen LogP) is 1.45. The van der Waals surface area contributed by atoms with Gasteiger partial charge >= 0.3 is 0 Å². The standard InChI is InChI=1S/C22H22N6O3/c1-14(30)12-31-19-5-20(22-16(6-23)8-25-28(22)11-19)15-2-3-21(24-7-15)26-9-17-4-18(10-26)27(17)13-29/h2-3,5,7-8,11,13-14,17-18,30H,4,9-10,12H2,1H3. The quantitative estimate of drug-likeness (QED) is 0.604. The highest BCUT2D eigenvalue weighted by Gasteiger charge is 2.44. The first-order valence-electron chi connectivity index (χ1n) is 10.2. The van der Waals surface area contributed by atoms with Crippen molar-refractivity contribution in [1.29, 1.82) is 5.26 Å². The van der Waals surface area contributed by atoms with E-state index in [0.29, 0.717) is 16.8 Å². The highest BCUT2D eigenvalue weighted by Crippen LogP contribution is 2.34. The third-order valence-corrected chi connectivity index (χ3v) is 5.95. The lowest BCUT2D eigenvalue weighted by Crippen LogP contribution is -2.68. The van der Waals surface area contributed by atoms with E-state index in [0.717, 1.165) is 42.9 Å². The van der Waals surface area contributed by atoms with Gasteiger partial charge in [-0.3, -0.25) is 4.79 Å². The van der Waals surface area contributed by atoms with Crippen molar-refractivity contribution in [2.24, 2.45) is 0 Å². The molecular weight excluding hydrogens is 396 g/mol. The molecule has 0 aromatic carbocycles. The highest BCUT2D eigenvalue weighted by molar-refractivity contribution is 5.85. The number of aliphatic hydroxyl groups is 1. The molecule has 3 atom stereocenters. The topological polar surface area (TPSA) is 107 Å². The molecule has 3 saturated heterocycles. The zero-order valence-electron chi connectivity index (χ0n) is 17.0. The number of nitriles is 1. The molecular formula is C22H22N6O3. The molecule has 31 heavy (non-hydrogen) atoms. The van der Waals surface area contributed by atoms with Crippen LogP contribution in [0.4, 0.5) is 5.82 Å². The molecule has 0 radical (unpaired) electrons. The number of aliphatic hydroxyl groups excluding tert-OH is 1. The second-order valence-electron chi connectivity index (χ2n) is 8.12. The van der Waals surface area contributed by atoms with Crippen molar-refractivity contribution in [1.82, 2.24) is 19.5 Å². The molecule has 9 heteroatoms. The van der Waals surface area contributed by atoms with Crippen LogP contribution in [0.3, 0.4) is 0 Å². The van der Waals surface area contributed by atoms with E-state index in [1.54, 1.807) is 23.8 Å². The summed E-state index contributed by atoms with van der Waals surface area (Å²) < 4.78 is 7.30. The number of carbonyl (C=O) groups excluding carboxylic acids is 1. The van der Waals surface area contributed by atoms with E-state index in [-0.39, 0.29) is 18.7 Å². The Labute approximate surface area is 179 Å². The highest BCUT2D eigenvalue weighted by atomic mass is 16.5. The van der Waals surface area contributed by atoms with Crippen LogP contribution in [0.25, 0.3) is 16.6 Å². The lowest BCUT2D eigenvalue weighted by Gasteiger charge is -2.55. The molecule has 6 heterocycles. The van der Waals surface area contributed by atoms with Crippen molar-refractivity contribution in [3.8, 4) is 22.9 Å². The number of anilines is 1.